The molecule has 3 atom stereocenters. The van der Waals surface area contributed by atoms with E-state index in [1.807, 2.05) is 6.07 Å². The van der Waals surface area contributed by atoms with Gasteiger partial charge in [0.1, 0.15) is 18.7 Å². The summed E-state index contributed by atoms with van der Waals surface area (Å²) < 4.78 is 14.4. The monoisotopic (exact) mass is 465 g/mol. The molecule has 1 aromatic carbocycles. The number of alkyl carbamates (subject to hydrolysis) is 1. The lowest BCUT2D eigenvalue weighted by molar-refractivity contribution is -0.162. The van der Waals surface area contributed by atoms with E-state index in [0.717, 1.165) is 19.8 Å². The van der Waals surface area contributed by atoms with Gasteiger partial charge in [0.15, 0.2) is 5.92 Å². The van der Waals surface area contributed by atoms with Gasteiger partial charge >= 0.3 is 18.0 Å². The molecule has 0 saturated carbocycles. The molecule has 0 bridgehead atoms. The number of amides is 3. The second kappa shape index (κ2) is 13.0. The summed E-state index contributed by atoms with van der Waals surface area (Å²) in [5.74, 6) is -6.61. The summed E-state index contributed by atoms with van der Waals surface area (Å²) in [7, 11) is 2.14. The van der Waals surface area contributed by atoms with Gasteiger partial charge in [0.25, 0.3) is 0 Å². The molecule has 0 unspecified atom stereocenters. The molecule has 0 saturated heterocycles. The molecule has 0 fully saturated rings. The SMILES string of the molecule is COC(=O)C(C(=O)OC)[C@@H](C)[C@@H](NC(=O)[C@@H](NC(=O)OCc1ccccc1)C(C)C)C(N)=O. The van der Waals surface area contributed by atoms with Gasteiger partial charge in [-0.1, -0.05) is 51.1 Å². The van der Waals surface area contributed by atoms with Gasteiger partial charge in [-0.15, -0.1) is 0 Å². The molecule has 11 heteroatoms. The molecule has 11 nitrogen and oxygen atoms in total. The molecule has 0 heterocycles. The molecular weight excluding hydrogens is 434 g/mol. The van der Waals surface area contributed by atoms with Crippen LogP contribution in [-0.2, 0) is 40.0 Å². The molecule has 0 aromatic heterocycles. The van der Waals surface area contributed by atoms with Gasteiger partial charge in [0.2, 0.25) is 11.8 Å². The molecule has 0 spiro atoms. The van der Waals surface area contributed by atoms with Gasteiger partial charge in [-0.3, -0.25) is 19.2 Å². The second-order valence-electron chi connectivity index (χ2n) is 7.70. The summed E-state index contributed by atoms with van der Waals surface area (Å²) in [5.41, 5.74) is 6.19. The van der Waals surface area contributed by atoms with Gasteiger partial charge in [-0.25, -0.2) is 4.79 Å². The van der Waals surface area contributed by atoms with Crippen LogP contribution in [0.2, 0.25) is 0 Å². The smallest absolute Gasteiger partial charge is 0.408 e. The van der Waals surface area contributed by atoms with Crippen molar-refractivity contribution in [1.29, 1.82) is 0 Å². The zero-order valence-electron chi connectivity index (χ0n) is 19.3. The van der Waals surface area contributed by atoms with Gasteiger partial charge in [0, 0.05) is 5.92 Å². The first-order valence-electron chi connectivity index (χ1n) is 10.3. The minimum atomic E-state index is -1.50. The van der Waals surface area contributed by atoms with Crippen LogP contribution in [0, 0.1) is 17.8 Å². The van der Waals surface area contributed by atoms with E-state index >= 15 is 0 Å². The molecule has 1 aromatic rings. The number of carbonyl (C=O) groups excluding carboxylic acids is 5. The van der Waals surface area contributed by atoms with Crippen molar-refractivity contribution in [2.75, 3.05) is 14.2 Å². The van der Waals surface area contributed by atoms with Crippen molar-refractivity contribution < 1.29 is 38.2 Å². The highest BCUT2D eigenvalue weighted by Crippen LogP contribution is 2.20. The first-order valence-corrected chi connectivity index (χ1v) is 10.3. The maximum atomic E-state index is 12.9. The zero-order chi connectivity index (χ0) is 25.1. The number of ether oxygens (including phenoxy) is 3. The molecule has 0 aliphatic carbocycles. The molecule has 0 aliphatic rings. The molecule has 182 valence electrons. The van der Waals surface area contributed by atoms with Gasteiger partial charge in [0.05, 0.1) is 14.2 Å². The Balaban J connectivity index is 2.93. The topological polar surface area (TPSA) is 163 Å². The fourth-order valence-electron chi connectivity index (χ4n) is 3.10. The van der Waals surface area contributed by atoms with Crippen LogP contribution in [0.4, 0.5) is 4.79 Å². The molecular formula is C22H31N3O8. The number of rotatable bonds is 11. The number of nitrogens with one attached hydrogen (secondary N) is 2. The van der Waals surface area contributed by atoms with Crippen LogP contribution in [0.25, 0.3) is 0 Å². The number of nitrogens with two attached hydrogens (primary N) is 1. The predicted octanol–water partition coefficient (Wildman–Crippen LogP) is 0.506. The van der Waals surface area contributed by atoms with E-state index in [0.29, 0.717) is 0 Å². The number of carbonyl (C=O) groups is 5. The van der Waals surface area contributed by atoms with Crippen molar-refractivity contribution in [2.24, 2.45) is 23.5 Å². The average molecular weight is 466 g/mol. The largest absolute Gasteiger partial charge is 0.468 e. The number of hydrogen-bond donors (Lipinski definition) is 3. The third-order valence-electron chi connectivity index (χ3n) is 5.00. The van der Waals surface area contributed by atoms with Crippen LogP contribution < -0.4 is 16.4 Å². The van der Waals surface area contributed by atoms with Crippen molar-refractivity contribution >= 4 is 29.8 Å². The van der Waals surface area contributed by atoms with Crippen LogP contribution in [-0.4, -0.2) is 56.1 Å². The standard InChI is InChI=1S/C22H31N3O8/c1-12(2)16(25-22(30)33-11-14-9-7-6-8-10-14)19(27)24-17(18(23)26)13(3)15(20(28)31-4)21(29)32-5/h6-10,12-13,15-17H,11H2,1-5H3,(H2,23,26)(H,24,27)(H,25,30)/t13-,16+,17-/m1/s1. The van der Waals surface area contributed by atoms with Crippen LogP contribution in [0.3, 0.4) is 0 Å². The van der Waals surface area contributed by atoms with Crippen molar-refractivity contribution in [3.63, 3.8) is 0 Å². The van der Waals surface area contributed by atoms with E-state index in [4.69, 9.17) is 10.5 Å². The molecule has 33 heavy (non-hydrogen) atoms. The number of hydrogen-bond acceptors (Lipinski definition) is 8. The van der Waals surface area contributed by atoms with Crippen molar-refractivity contribution in [1.82, 2.24) is 10.6 Å². The maximum Gasteiger partial charge on any atom is 0.408 e. The van der Waals surface area contributed by atoms with Crippen LogP contribution in [0.15, 0.2) is 30.3 Å². The van der Waals surface area contributed by atoms with E-state index in [1.54, 1.807) is 38.1 Å². The number of benzene rings is 1. The number of esters is 2. The lowest BCUT2D eigenvalue weighted by Crippen LogP contribution is -2.58. The Bertz CT molecular complexity index is 827. The van der Waals surface area contributed by atoms with Gasteiger partial charge in [-0.05, 0) is 11.5 Å². The first kappa shape index (κ1) is 27.4. The van der Waals surface area contributed by atoms with Crippen molar-refractivity contribution in [3.8, 4) is 0 Å². The Morgan fingerprint density at radius 1 is 0.879 bits per heavy atom. The summed E-state index contributed by atoms with van der Waals surface area (Å²) in [6.45, 7) is 4.73. The summed E-state index contributed by atoms with van der Waals surface area (Å²) in [4.78, 5) is 61.4. The van der Waals surface area contributed by atoms with Crippen LogP contribution >= 0.6 is 0 Å². The normalized spacial score (nSPS) is 13.4. The quantitative estimate of drug-likeness (QED) is 0.242. The zero-order valence-corrected chi connectivity index (χ0v) is 19.3. The molecule has 0 radical (unpaired) electrons. The Hall–Kier alpha value is -3.63. The Morgan fingerprint density at radius 2 is 1.42 bits per heavy atom. The Morgan fingerprint density at radius 3 is 1.88 bits per heavy atom. The molecule has 0 aliphatic heterocycles. The van der Waals surface area contributed by atoms with Crippen LogP contribution in [0.1, 0.15) is 26.3 Å². The van der Waals surface area contributed by atoms with E-state index in [-0.39, 0.29) is 6.61 Å². The lowest BCUT2D eigenvalue weighted by atomic mass is 9.86. The number of primary amides is 1. The Kier molecular flexibility index (Phi) is 10.8. The van der Waals surface area contributed by atoms with E-state index in [2.05, 4.69) is 20.1 Å². The summed E-state index contributed by atoms with van der Waals surface area (Å²) in [6.07, 6.45) is -0.835. The molecule has 3 amide bonds. The summed E-state index contributed by atoms with van der Waals surface area (Å²) >= 11 is 0. The molecule has 4 N–H and O–H groups in total. The first-order chi connectivity index (χ1) is 15.5. The predicted molar refractivity (Wildman–Crippen MR) is 116 cm³/mol. The highest BCUT2D eigenvalue weighted by molar-refractivity contribution is 5.97. The summed E-state index contributed by atoms with van der Waals surface area (Å²) in [6, 6.07) is 6.45. The molecule has 1 rings (SSSR count). The minimum Gasteiger partial charge on any atom is -0.468 e. The van der Waals surface area contributed by atoms with Crippen molar-refractivity contribution in [2.45, 2.75) is 39.5 Å². The third-order valence-corrected chi connectivity index (χ3v) is 5.00. The summed E-state index contributed by atoms with van der Waals surface area (Å²) in [5, 5.41) is 4.87. The van der Waals surface area contributed by atoms with E-state index < -0.39 is 59.7 Å². The minimum absolute atomic E-state index is 0.00000867. The second-order valence-corrected chi connectivity index (χ2v) is 7.70. The average Bonchev–Trinajstić information content (AvgIpc) is 2.79. The van der Waals surface area contributed by atoms with E-state index in [9.17, 15) is 24.0 Å². The highest BCUT2D eigenvalue weighted by atomic mass is 16.6. The fraction of sp³-hybridized carbons (Fsp3) is 0.500. The van der Waals surface area contributed by atoms with E-state index in [1.165, 1.54) is 6.92 Å². The Labute approximate surface area is 192 Å². The van der Waals surface area contributed by atoms with Gasteiger partial charge < -0.3 is 30.6 Å². The fourth-order valence-corrected chi connectivity index (χ4v) is 3.10. The third kappa shape index (κ3) is 8.09. The van der Waals surface area contributed by atoms with Crippen LogP contribution in [0.5, 0.6) is 0 Å². The van der Waals surface area contributed by atoms with Gasteiger partial charge in [-0.2, -0.15) is 0 Å². The number of methoxy groups -OCH3 is 2. The van der Waals surface area contributed by atoms with Crippen molar-refractivity contribution in [3.05, 3.63) is 35.9 Å². The lowest BCUT2D eigenvalue weighted by Gasteiger charge is -2.29. The maximum absolute atomic E-state index is 12.9. The highest BCUT2D eigenvalue weighted by Gasteiger charge is 2.42.